The predicted octanol–water partition coefficient (Wildman–Crippen LogP) is 1.73. The van der Waals surface area contributed by atoms with E-state index < -0.39 is 0 Å². The second-order valence-electron chi connectivity index (χ2n) is 3.56. The van der Waals surface area contributed by atoms with E-state index in [2.05, 4.69) is 0 Å². The van der Waals surface area contributed by atoms with Gasteiger partial charge < -0.3 is 15.2 Å². The molecule has 3 nitrogen and oxygen atoms in total. The second kappa shape index (κ2) is 6.08. The van der Waals surface area contributed by atoms with Gasteiger partial charge in [-0.15, -0.1) is 12.4 Å². The van der Waals surface area contributed by atoms with E-state index in [1.807, 2.05) is 30.3 Å². The van der Waals surface area contributed by atoms with Gasteiger partial charge in [-0.05, 0) is 5.56 Å². The van der Waals surface area contributed by atoms with Crippen molar-refractivity contribution in [2.45, 2.75) is 6.04 Å². The Morgan fingerprint density at radius 2 is 1.73 bits per heavy atom. The van der Waals surface area contributed by atoms with Crippen LogP contribution in [0.25, 0.3) is 0 Å². The van der Waals surface area contributed by atoms with Gasteiger partial charge in [0, 0.05) is 12.0 Å². The lowest BCUT2D eigenvalue weighted by atomic mass is 9.95. The smallest absolute Gasteiger partial charge is 0.146 e. The molecule has 0 bridgehead atoms. The van der Waals surface area contributed by atoms with E-state index in [1.54, 1.807) is 0 Å². The first-order valence-electron chi connectivity index (χ1n) is 4.84. The largest absolute Gasteiger partial charge is 0.355 e. The molecule has 1 unspecified atom stereocenters. The molecule has 1 atom stereocenters. The zero-order valence-corrected chi connectivity index (χ0v) is 9.28. The van der Waals surface area contributed by atoms with Gasteiger partial charge in [0.15, 0.2) is 0 Å². The SMILES string of the molecule is Cl.NC(c1ccccc1)C1COCOC1. The number of benzene rings is 1. The highest BCUT2D eigenvalue weighted by Crippen LogP contribution is 2.21. The molecule has 4 heteroatoms. The van der Waals surface area contributed by atoms with Gasteiger partial charge in [0.05, 0.1) is 13.2 Å². The lowest BCUT2D eigenvalue weighted by Crippen LogP contribution is -2.33. The number of hydrogen-bond donors (Lipinski definition) is 1. The predicted molar refractivity (Wildman–Crippen MR) is 60.9 cm³/mol. The van der Waals surface area contributed by atoms with Crippen LogP contribution in [0.4, 0.5) is 0 Å². The summed E-state index contributed by atoms with van der Waals surface area (Å²) in [6, 6.07) is 10.1. The lowest BCUT2D eigenvalue weighted by Gasteiger charge is -2.27. The fourth-order valence-electron chi connectivity index (χ4n) is 1.66. The maximum Gasteiger partial charge on any atom is 0.146 e. The van der Waals surface area contributed by atoms with E-state index in [9.17, 15) is 0 Å². The number of nitrogens with two attached hydrogens (primary N) is 1. The maximum absolute atomic E-state index is 6.11. The van der Waals surface area contributed by atoms with E-state index in [4.69, 9.17) is 15.2 Å². The molecule has 84 valence electrons. The zero-order chi connectivity index (χ0) is 9.80. The van der Waals surface area contributed by atoms with Crippen molar-refractivity contribution in [1.82, 2.24) is 0 Å². The zero-order valence-electron chi connectivity index (χ0n) is 8.46. The van der Waals surface area contributed by atoms with Crippen LogP contribution < -0.4 is 5.73 Å². The van der Waals surface area contributed by atoms with E-state index >= 15 is 0 Å². The molecule has 0 aliphatic carbocycles. The monoisotopic (exact) mass is 229 g/mol. The van der Waals surface area contributed by atoms with Crippen LogP contribution in [0.2, 0.25) is 0 Å². The van der Waals surface area contributed by atoms with Gasteiger partial charge in [-0.1, -0.05) is 30.3 Å². The van der Waals surface area contributed by atoms with E-state index in [0.29, 0.717) is 20.0 Å². The Bertz CT molecular complexity index is 275. The van der Waals surface area contributed by atoms with Gasteiger partial charge in [0.25, 0.3) is 0 Å². The molecule has 1 aromatic carbocycles. The van der Waals surface area contributed by atoms with Crippen molar-refractivity contribution in [2.75, 3.05) is 20.0 Å². The van der Waals surface area contributed by atoms with Crippen LogP contribution in [0.3, 0.4) is 0 Å². The van der Waals surface area contributed by atoms with Gasteiger partial charge in [0.1, 0.15) is 6.79 Å². The molecular formula is C11H16ClNO2. The molecule has 2 rings (SSSR count). The third kappa shape index (κ3) is 3.18. The molecular weight excluding hydrogens is 214 g/mol. The topological polar surface area (TPSA) is 44.5 Å². The number of ether oxygens (including phenoxy) is 2. The van der Waals surface area contributed by atoms with Crippen LogP contribution >= 0.6 is 12.4 Å². The highest BCUT2D eigenvalue weighted by atomic mass is 35.5. The summed E-state index contributed by atoms with van der Waals surface area (Å²) in [7, 11) is 0. The maximum atomic E-state index is 6.11. The van der Waals surface area contributed by atoms with Crippen molar-refractivity contribution in [1.29, 1.82) is 0 Å². The molecule has 1 saturated heterocycles. The minimum atomic E-state index is 0. The van der Waals surface area contributed by atoms with Crippen LogP contribution in [0.1, 0.15) is 11.6 Å². The van der Waals surface area contributed by atoms with Crippen molar-refractivity contribution in [3.05, 3.63) is 35.9 Å². The standard InChI is InChI=1S/C11H15NO2.ClH/c12-11(9-4-2-1-3-5-9)10-6-13-8-14-7-10;/h1-5,10-11H,6-8,12H2;1H. The molecule has 1 aromatic rings. The first kappa shape index (κ1) is 12.5. The Morgan fingerprint density at radius 3 is 2.33 bits per heavy atom. The minimum Gasteiger partial charge on any atom is -0.355 e. The normalized spacial score (nSPS) is 19.3. The molecule has 1 aliphatic heterocycles. The molecule has 1 aliphatic rings. The Hall–Kier alpha value is -0.610. The van der Waals surface area contributed by atoms with Crippen molar-refractivity contribution < 1.29 is 9.47 Å². The Balaban J connectivity index is 0.00000112. The number of halogens is 1. The highest BCUT2D eigenvalue weighted by molar-refractivity contribution is 5.85. The molecule has 0 saturated carbocycles. The highest BCUT2D eigenvalue weighted by Gasteiger charge is 2.22. The average Bonchev–Trinajstić information content (AvgIpc) is 2.30. The summed E-state index contributed by atoms with van der Waals surface area (Å²) in [5.41, 5.74) is 7.25. The molecule has 1 heterocycles. The summed E-state index contributed by atoms with van der Waals surface area (Å²) in [6.45, 7) is 1.78. The molecule has 2 N–H and O–H groups in total. The summed E-state index contributed by atoms with van der Waals surface area (Å²) in [5, 5.41) is 0. The summed E-state index contributed by atoms with van der Waals surface area (Å²) in [6.07, 6.45) is 0. The van der Waals surface area contributed by atoms with Crippen LogP contribution in [-0.2, 0) is 9.47 Å². The van der Waals surface area contributed by atoms with Crippen LogP contribution in [0.15, 0.2) is 30.3 Å². The number of rotatable bonds is 2. The third-order valence-electron chi connectivity index (χ3n) is 2.52. The van der Waals surface area contributed by atoms with Crippen LogP contribution in [0, 0.1) is 5.92 Å². The Labute approximate surface area is 96.0 Å². The minimum absolute atomic E-state index is 0. The molecule has 0 spiro atoms. The van der Waals surface area contributed by atoms with Gasteiger partial charge in [-0.25, -0.2) is 0 Å². The van der Waals surface area contributed by atoms with Gasteiger partial charge in [-0.3, -0.25) is 0 Å². The molecule has 0 amide bonds. The van der Waals surface area contributed by atoms with Crippen molar-refractivity contribution >= 4 is 12.4 Å². The quantitative estimate of drug-likeness (QED) is 0.840. The third-order valence-corrected chi connectivity index (χ3v) is 2.52. The van der Waals surface area contributed by atoms with Gasteiger partial charge >= 0.3 is 0 Å². The number of hydrogen-bond acceptors (Lipinski definition) is 3. The Kier molecular flexibility index (Phi) is 5.05. The lowest BCUT2D eigenvalue weighted by molar-refractivity contribution is -0.130. The molecule has 0 aromatic heterocycles. The van der Waals surface area contributed by atoms with E-state index in [1.165, 1.54) is 0 Å². The van der Waals surface area contributed by atoms with Crippen molar-refractivity contribution in [3.63, 3.8) is 0 Å². The summed E-state index contributed by atoms with van der Waals surface area (Å²) >= 11 is 0. The fourth-order valence-corrected chi connectivity index (χ4v) is 1.66. The second-order valence-corrected chi connectivity index (χ2v) is 3.56. The van der Waals surface area contributed by atoms with Crippen LogP contribution in [0.5, 0.6) is 0 Å². The Morgan fingerprint density at radius 1 is 1.13 bits per heavy atom. The molecule has 1 fully saturated rings. The average molecular weight is 230 g/mol. The molecule has 0 radical (unpaired) electrons. The summed E-state index contributed by atoms with van der Waals surface area (Å²) in [4.78, 5) is 0. The molecule has 15 heavy (non-hydrogen) atoms. The van der Waals surface area contributed by atoms with Gasteiger partial charge in [0.2, 0.25) is 0 Å². The van der Waals surface area contributed by atoms with E-state index in [0.717, 1.165) is 5.56 Å². The van der Waals surface area contributed by atoms with E-state index in [-0.39, 0.29) is 24.4 Å². The summed E-state index contributed by atoms with van der Waals surface area (Å²) in [5.74, 6) is 0.270. The summed E-state index contributed by atoms with van der Waals surface area (Å²) < 4.78 is 10.4. The first-order valence-corrected chi connectivity index (χ1v) is 4.84. The van der Waals surface area contributed by atoms with Crippen molar-refractivity contribution in [3.8, 4) is 0 Å². The first-order chi connectivity index (χ1) is 6.88. The fraction of sp³-hybridized carbons (Fsp3) is 0.455. The van der Waals surface area contributed by atoms with Crippen LogP contribution in [-0.4, -0.2) is 20.0 Å². The van der Waals surface area contributed by atoms with Gasteiger partial charge in [-0.2, -0.15) is 0 Å². The van der Waals surface area contributed by atoms with Crippen molar-refractivity contribution in [2.24, 2.45) is 11.7 Å².